The van der Waals surface area contributed by atoms with Crippen molar-refractivity contribution in [3.8, 4) is 0 Å². The summed E-state index contributed by atoms with van der Waals surface area (Å²) in [6, 6.07) is 8.77. The number of allylic oxidation sites excluding steroid dienone is 4. The summed E-state index contributed by atoms with van der Waals surface area (Å²) in [5.41, 5.74) is 4.95. The smallest absolute Gasteiger partial charge is 0.303 e. The van der Waals surface area contributed by atoms with E-state index >= 15 is 0 Å². The number of benzene rings is 1. The molecule has 0 aromatic heterocycles. The summed E-state index contributed by atoms with van der Waals surface area (Å²) in [4.78, 5) is 40.1. The Morgan fingerprint density at radius 3 is 2.39 bits per heavy atom. The summed E-state index contributed by atoms with van der Waals surface area (Å²) in [6.07, 6.45) is 6.47. The molecular weight excluding hydrogens is 450 g/mol. The number of carbonyl (C=O) groups is 3. The van der Waals surface area contributed by atoms with E-state index in [1.54, 1.807) is 6.92 Å². The molecule has 0 unspecified atom stereocenters. The number of hydrogen-bond donors (Lipinski definition) is 0. The molecule has 0 N–H and O–H groups in total. The van der Waals surface area contributed by atoms with Crippen LogP contribution in [0.1, 0.15) is 77.7 Å². The van der Waals surface area contributed by atoms with E-state index in [1.165, 1.54) is 29.2 Å². The molecule has 5 heteroatoms. The summed E-state index contributed by atoms with van der Waals surface area (Å²) in [6.45, 7) is 7.47. The van der Waals surface area contributed by atoms with Crippen LogP contribution in [0, 0.1) is 23.2 Å². The van der Waals surface area contributed by atoms with Crippen LogP contribution in [-0.4, -0.2) is 37.2 Å². The first-order valence-electron chi connectivity index (χ1n) is 13.4. The Hall–Kier alpha value is -2.69. The number of nitrogens with zero attached hydrogens (tertiary/aromatic N) is 1. The molecule has 0 radical (unpaired) electrons. The van der Waals surface area contributed by atoms with Crippen molar-refractivity contribution in [3.63, 3.8) is 0 Å². The number of ether oxygens (including phenoxy) is 1. The van der Waals surface area contributed by atoms with Gasteiger partial charge >= 0.3 is 5.97 Å². The predicted molar refractivity (Wildman–Crippen MR) is 141 cm³/mol. The van der Waals surface area contributed by atoms with E-state index in [-0.39, 0.29) is 29.4 Å². The Kier molecular flexibility index (Phi) is 6.04. The normalized spacial score (nSPS) is 35.4. The van der Waals surface area contributed by atoms with E-state index < -0.39 is 11.0 Å². The number of hydrogen-bond acceptors (Lipinski definition) is 5. The predicted octanol–water partition coefficient (Wildman–Crippen LogP) is 5.79. The first kappa shape index (κ1) is 25.0. The zero-order valence-corrected chi connectivity index (χ0v) is 22.5. The number of fused-ring (bicyclic) bond motifs is 4. The molecule has 0 bridgehead atoms. The van der Waals surface area contributed by atoms with Crippen LogP contribution in [0.2, 0.25) is 0 Å². The highest BCUT2D eigenvalue weighted by Gasteiger charge is 2.67. The van der Waals surface area contributed by atoms with Gasteiger partial charge in [-0.15, -0.1) is 0 Å². The van der Waals surface area contributed by atoms with E-state index in [0.29, 0.717) is 24.7 Å². The number of ketones is 2. The maximum atomic E-state index is 13.3. The van der Waals surface area contributed by atoms with Gasteiger partial charge in [-0.05, 0) is 91.7 Å². The van der Waals surface area contributed by atoms with Gasteiger partial charge in [0, 0.05) is 44.5 Å². The van der Waals surface area contributed by atoms with Gasteiger partial charge in [0.15, 0.2) is 17.2 Å². The van der Waals surface area contributed by atoms with Crippen molar-refractivity contribution in [2.45, 2.75) is 77.7 Å². The Bertz CT molecular complexity index is 1180. The molecule has 36 heavy (non-hydrogen) atoms. The Morgan fingerprint density at radius 1 is 1.08 bits per heavy atom. The van der Waals surface area contributed by atoms with Gasteiger partial charge in [0.25, 0.3) is 0 Å². The van der Waals surface area contributed by atoms with Crippen molar-refractivity contribution in [2.24, 2.45) is 23.2 Å². The first-order chi connectivity index (χ1) is 17.0. The van der Waals surface area contributed by atoms with Gasteiger partial charge in [-0.3, -0.25) is 14.4 Å². The molecule has 0 aliphatic heterocycles. The van der Waals surface area contributed by atoms with Crippen molar-refractivity contribution < 1.29 is 19.1 Å². The van der Waals surface area contributed by atoms with Gasteiger partial charge in [0.2, 0.25) is 0 Å². The minimum Gasteiger partial charge on any atom is -0.451 e. The lowest BCUT2D eigenvalue weighted by Gasteiger charge is -2.55. The second-order valence-corrected chi connectivity index (χ2v) is 12.0. The molecule has 0 saturated heterocycles. The topological polar surface area (TPSA) is 63.7 Å². The largest absolute Gasteiger partial charge is 0.451 e. The van der Waals surface area contributed by atoms with Crippen LogP contribution >= 0.6 is 0 Å². The number of Topliss-reactive ketones (excluding diaryl/α,β-unsaturated/α-hetero) is 1. The molecule has 2 saturated carbocycles. The van der Waals surface area contributed by atoms with Crippen molar-refractivity contribution in [1.82, 2.24) is 0 Å². The highest BCUT2D eigenvalue weighted by Crippen LogP contribution is 2.68. The lowest BCUT2D eigenvalue weighted by atomic mass is 9.50. The molecule has 0 spiro atoms. The van der Waals surface area contributed by atoms with Gasteiger partial charge in [-0.25, -0.2) is 0 Å². The van der Waals surface area contributed by atoms with Gasteiger partial charge in [-0.1, -0.05) is 31.6 Å². The minimum atomic E-state index is -1.08. The molecule has 1 aromatic carbocycles. The third kappa shape index (κ3) is 3.61. The lowest BCUT2D eigenvalue weighted by Crippen LogP contribution is -2.57. The number of esters is 1. The second-order valence-electron chi connectivity index (χ2n) is 12.0. The van der Waals surface area contributed by atoms with Crippen molar-refractivity contribution in [2.75, 3.05) is 19.0 Å². The van der Waals surface area contributed by atoms with Crippen LogP contribution in [0.5, 0.6) is 0 Å². The van der Waals surface area contributed by atoms with Gasteiger partial charge < -0.3 is 9.64 Å². The molecular formula is C31H39NO4. The quantitative estimate of drug-likeness (QED) is 0.501. The third-order valence-electron chi connectivity index (χ3n) is 9.91. The fraction of sp³-hybridized carbons (Fsp3) is 0.581. The SMILES string of the molecule is CC(=O)O[C@]1(C(C)=O)CC[C@H]2[C@@H]3C[C@H](C)C4=CC(=O)CCC4=C3[C@@H](c3ccc(N(C)C)cc3)C[C@@]21C. The minimum absolute atomic E-state index is 0.0341. The fourth-order valence-corrected chi connectivity index (χ4v) is 8.31. The third-order valence-corrected chi connectivity index (χ3v) is 9.91. The van der Waals surface area contributed by atoms with E-state index in [2.05, 4.69) is 43.0 Å². The van der Waals surface area contributed by atoms with Crippen molar-refractivity contribution in [1.29, 1.82) is 0 Å². The lowest BCUT2D eigenvalue weighted by molar-refractivity contribution is -0.182. The van der Waals surface area contributed by atoms with Crippen LogP contribution in [0.4, 0.5) is 5.69 Å². The molecule has 5 rings (SSSR count). The molecule has 4 aliphatic rings. The Balaban J connectivity index is 1.71. The van der Waals surface area contributed by atoms with Crippen molar-refractivity contribution in [3.05, 3.63) is 52.6 Å². The maximum absolute atomic E-state index is 13.3. The van der Waals surface area contributed by atoms with Crippen molar-refractivity contribution >= 4 is 23.2 Å². The molecule has 2 fully saturated rings. The molecule has 192 valence electrons. The number of carbonyl (C=O) groups excluding carboxylic acids is 3. The van der Waals surface area contributed by atoms with Crippen LogP contribution in [0.25, 0.3) is 0 Å². The van der Waals surface area contributed by atoms with Crippen LogP contribution in [0.3, 0.4) is 0 Å². The van der Waals surface area contributed by atoms with Gasteiger partial charge in [0.05, 0.1) is 0 Å². The number of rotatable bonds is 4. The Labute approximate surface area is 215 Å². The molecule has 0 amide bonds. The summed E-state index contributed by atoms with van der Waals surface area (Å²) in [5.74, 6) is 0.830. The zero-order chi connectivity index (χ0) is 26.0. The van der Waals surface area contributed by atoms with E-state index in [4.69, 9.17) is 4.74 Å². The van der Waals surface area contributed by atoms with Gasteiger partial charge in [-0.2, -0.15) is 0 Å². The van der Waals surface area contributed by atoms with Crippen LogP contribution in [-0.2, 0) is 19.1 Å². The maximum Gasteiger partial charge on any atom is 0.303 e. The van der Waals surface area contributed by atoms with E-state index in [9.17, 15) is 14.4 Å². The first-order valence-corrected chi connectivity index (χ1v) is 13.4. The molecule has 6 atom stereocenters. The van der Waals surface area contributed by atoms with Gasteiger partial charge in [0.1, 0.15) is 0 Å². The standard InChI is InChI=1S/C31H39NO4/c1-18-15-26-28-13-14-31(19(2)33,36-20(3)34)30(28,4)17-27(21-7-9-22(10-8-21)32(5)6)29(26)24-12-11-23(35)16-25(18)24/h7-10,16,18,26-28H,11-15,17H2,1-6H3/t18-,26-,27+,28-,30-,31-/m0/s1. The number of anilines is 1. The summed E-state index contributed by atoms with van der Waals surface area (Å²) >= 11 is 0. The molecule has 1 aromatic rings. The summed E-state index contributed by atoms with van der Waals surface area (Å²) < 4.78 is 6.03. The fourth-order valence-electron chi connectivity index (χ4n) is 8.31. The second kappa shape index (κ2) is 8.71. The average molecular weight is 490 g/mol. The van der Waals surface area contributed by atoms with E-state index in [0.717, 1.165) is 31.4 Å². The monoisotopic (exact) mass is 489 g/mol. The highest BCUT2D eigenvalue weighted by molar-refractivity contribution is 5.93. The molecule has 0 heterocycles. The summed E-state index contributed by atoms with van der Waals surface area (Å²) in [5, 5.41) is 0. The average Bonchev–Trinajstić information content (AvgIpc) is 3.11. The molecule has 5 nitrogen and oxygen atoms in total. The summed E-state index contributed by atoms with van der Waals surface area (Å²) in [7, 11) is 4.08. The zero-order valence-electron chi connectivity index (χ0n) is 22.5. The molecule has 4 aliphatic carbocycles. The Morgan fingerprint density at radius 2 is 1.78 bits per heavy atom. The highest BCUT2D eigenvalue weighted by atomic mass is 16.6. The van der Waals surface area contributed by atoms with Crippen LogP contribution in [0.15, 0.2) is 47.1 Å². The van der Waals surface area contributed by atoms with Crippen LogP contribution < -0.4 is 4.90 Å². The van der Waals surface area contributed by atoms with E-state index in [1.807, 2.05) is 20.2 Å².